The Bertz CT molecular complexity index is 928. The van der Waals surface area contributed by atoms with E-state index < -0.39 is 0 Å². The molecule has 0 spiro atoms. The van der Waals surface area contributed by atoms with Crippen molar-refractivity contribution in [3.05, 3.63) is 53.8 Å². The molecule has 1 atom stereocenters. The third kappa shape index (κ3) is 4.16. The van der Waals surface area contributed by atoms with E-state index in [2.05, 4.69) is 9.97 Å². The zero-order chi connectivity index (χ0) is 18.7. The number of halogens is 1. The van der Waals surface area contributed by atoms with Crippen LogP contribution in [0.4, 0.5) is 4.39 Å². The average Bonchev–Trinajstić information content (AvgIpc) is 3.02. The summed E-state index contributed by atoms with van der Waals surface area (Å²) in [7, 11) is 3.33. The molecular formula is C19H20FN3O2S. The first-order valence-electron chi connectivity index (χ1n) is 8.16. The normalized spacial score (nSPS) is 12.2. The van der Waals surface area contributed by atoms with Crippen LogP contribution in [0.5, 0.6) is 5.75 Å². The molecule has 5 nitrogen and oxygen atoms in total. The molecule has 0 radical (unpaired) electrons. The fraction of sp³-hybridized carbons (Fsp3) is 0.263. The van der Waals surface area contributed by atoms with Gasteiger partial charge in [-0.2, -0.15) is 0 Å². The van der Waals surface area contributed by atoms with Gasteiger partial charge in [-0.3, -0.25) is 4.79 Å². The van der Waals surface area contributed by atoms with Gasteiger partial charge >= 0.3 is 0 Å². The van der Waals surface area contributed by atoms with Crippen molar-refractivity contribution in [2.24, 2.45) is 0 Å². The topological polar surface area (TPSA) is 58.2 Å². The van der Waals surface area contributed by atoms with Crippen LogP contribution in [0.1, 0.15) is 12.5 Å². The summed E-state index contributed by atoms with van der Waals surface area (Å²) in [6.07, 6.45) is 0. The molecule has 0 saturated heterocycles. The van der Waals surface area contributed by atoms with Crippen molar-refractivity contribution >= 4 is 28.7 Å². The van der Waals surface area contributed by atoms with Crippen LogP contribution in [0.2, 0.25) is 0 Å². The first kappa shape index (κ1) is 18.3. The Hall–Kier alpha value is -2.54. The number of H-pyrrole nitrogens is 1. The summed E-state index contributed by atoms with van der Waals surface area (Å²) in [6, 6.07) is 11.9. The quantitative estimate of drug-likeness (QED) is 0.667. The number of methoxy groups -OCH3 is 1. The summed E-state index contributed by atoms with van der Waals surface area (Å²) in [5.41, 5.74) is 2.44. The van der Waals surface area contributed by atoms with Gasteiger partial charge in [0.25, 0.3) is 0 Å². The highest BCUT2D eigenvalue weighted by atomic mass is 32.2. The van der Waals surface area contributed by atoms with Gasteiger partial charge in [0.15, 0.2) is 5.16 Å². The van der Waals surface area contributed by atoms with Gasteiger partial charge in [-0.25, -0.2) is 9.37 Å². The lowest BCUT2D eigenvalue weighted by Gasteiger charge is -2.20. The molecule has 0 aliphatic rings. The van der Waals surface area contributed by atoms with Crippen LogP contribution in [-0.2, 0) is 11.3 Å². The highest BCUT2D eigenvalue weighted by Crippen LogP contribution is 2.26. The number of benzene rings is 2. The maximum absolute atomic E-state index is 13.3. The molecule has 3 rings (SSSR count). The van der Waals surface area contributed by atoms with Gasteiger partial charge < -0.3 is 14.6 Å². The number of rotatable bonds is 6. The number of aromatic nitrogens is 2. The van der Waals surface area contributed by atoms with Crippen molar-refractivity contribution < 1.29 is 13.9 Å². The molecule has 1 heterocycles. The van der Waals surface area contributed by atoms with Crippen molar-refractivity contribution in [1.82, 2.24) is 14.9 Å². The maximum Gasteiger partial charge on any atom is 0.235 e. The zero-order valence-electron chi connectivity index (χ0n) is 14.8. The lowest BCUT2D eigenvalue weighted by atomic mass is 10.2. The second-order valence-corrected chi connectivity index (χ2v) is 7.34. The summed E-state index contributed by atoms with van der Waals surface area (Å²) >= 11 is 1.36. The monoisotopic (exact) mass is 373 g/mol. The summed E-state index contributed by atoms with van der Waals surface area (Å²) in [4.78, 5) is 21.9. The molecule has 1 aromatic heterocycles. The molecule has 0 aliphatic carbocycles. The van der Waals surface area contributed by atoms with Crippen LogP contribution in [0.3, 0.4) is 0 Å². The molecule has 7 heteroatoms. The number of fused-ring (bicyclic) bond motifs is 1. The molecule has 26 heavy (non-hydrogen) atoms. The number of hydrogen-bond donors (Lipinski definition) is 1. The number of carbonyl (C=O) groups excluding carboxylic acids is 1. The van der Waals surface area contributed by atoms with Crippen LogP contribution >= 0.6 is 11.8 Å². The first-order chi connectivity index (χ1) is 12.5. The number of carbonyl (C=O) groups is 1. The molecule has 3 aromatic rings. The van der Waals surface area contributed by atoms with Gasteiger partial charge in [0.1, 0.15) is 11.6 Å². The van der Waals surface area contributed by atoms with E-state index in [1.165, 1.54) is 23.9 Å². The van der Waals surface area contributed by atoms with E-state index in [4.69, 9.17) is 4.74 Å². The van der Waals surface area contributed by atoms with Gasteiger partial charge in [-0.15, -0.1) is 0 Å². The smallest absolute Gasteiger partial charge is 0.235 e. The predicted molar refractivity (Wildman–Crippen MR) is 101 cm³/mol. The third-order valence-corrected chi connectivity index (χ3v) is 4.96. The van der Waals surface area contributed by atoms with Gasteiger partial charge in [0.05, 0.1) is 23.4 Å². The van der Waals surface area contributed by atoms with E-state index in [0.717, 1.165) is 22.3 Å². The van der Waals surface area contributed by atoms with Crippen LogP contribution in [0, 0.1) is 5.82 Å². The number of thioether (sulfide) groups is 1. The molecule has 2 aromatic carbocycles. The highest BCUT2D eigenvalue weighted by Gasteiger charge is 2.20. The lowest BCUT2D eigenvalue weighted by molar-refractivity contribution is -0.129. The number of nitrogens with one attached hydrogen (secondary N) is 1. The standard InChI is InChI=1S/C19H20FN3O2S/c1-12(18(24)23(2)11-13-5-4-6-14(20)9-13)26-19-21-16-8-7-15(25-3)10-17(16)22-19/h4-10,12H,11H2,1-3H3,(H,21,22). The SMILES string of the molecule is COc1ccc2nc(SC(C)C(=O)N(C)Cc3cccc(F)c3)[nH]c2c1. The van der Waals surface area contributed by atoms with Crippen molar-refractivity contribution in [2.75, 3.05) is 14.2 Å². The summed E-state index contributed by atoms with van der Waals surface area (Å²) in [5, 5.41) is 0.351. The van der Waals surface area contributed by atoms with Gasteiger partial charge in [0.2, 0.25) is 5.91 Å². The molecule has 0 aliphatic heterocycles. The van der Waals surface area contributed by atoms with Crippen molar-refractivity contribution in [1.29, 1.82) is 0 Å². The number of nitrogens with zero attached hydrogens (tertiary/aromatic N) is 2. The molecule has 136 valence electrons. The van der Waals surface area contributed by atoms with E-state index >= 15 is 0 Å². The van der Waals surface area contributed by atoms with Crippen LogP contribution in [0.15, 0.2) is 47.6 Å². The molecule has 1 N–H and O–H groups in total. The second kappa shape index (κ2) is 7.78. The summed E-state index contributed by atoms with van der Waals surface area (Å²) in [5.74, 6) is 0.400. The minimum atomic E-state index is -0.323. The molecular weight excluding hydrogens is 353 g/mol. The maximum atomic E-state index is 13.3. The fourth-order valence-corrected chi connectivity index (χ4v) is 3.60. The summed E-state index contributed by atoms with van der Waals surface area (Å²) < 4.78 is 18.5. The van der Waals surface area contributed by atoms with Gasteiger partial charge in [-0.05, 0) is 36.8 Å². The van der Waals surface area contributed by atoms with E-state index in [0.29, 0.717) is 11.7 Å². The van der Waals surface area contributed by atoms with Crippen LogP contribution in [-0.4, -0.2) is 40.2 Å². The second-order valence-electron chi connectivity index (χ2n) is 6.01. The Kier molecular flexibility index (Phi) is 5.46. The number of hydrogen-bond acceptors (Lipinski definition) is 4. The van der Waals surface area contributed by atoms with E-state index in [1.54, 1.807) is 31.2 Å². The largest absolute Gasteiger partial charge is 0.497 e. The lowest BCUT2D eigenvalue weighted by Crippen LogP contribution is -2.32. The minimum absolute atomic E-state index is 0.0442. The molecule has 0 saturated carbocycles. The Labute approximate surface area is 155 Å². The Balaban J connectivity index is 1.66. The molecule has 1 unspecified atom stereocenters. The number of ether oxygens (including phenoxy) is 1. The van der Waals surface area contributed by atoms with Crippen LogP contribution in [0.25, 0.3) is 11.0 Å². The Morgan fingerprint density at radius 3 is 2.88 bits per heavy atom. The molecule has 1 amide bonds. The Morgan fingerprint density at radius 2 is 2.15 bits per heavy atom. The van der Waals surface area contributed by atoms with Crippen LogP contribution < -0.4 is 4.74 Å². The van der Waals surface area contributed by atoms with Crippen molar-refractivity contribution in [2.45, 2.75) is 23.9 Å². The predicted octanol–water partition coefficient (Wildman–Crippen LogP) is 3.85. The highest BCUT2D eigenvalue weighted by molar-refractivity contribution is 8.00. The van der Waals surface area contributed by atoms with Gasteiger partial charge in [0, 0.05) is 19.7 Å². The molecule has 0 fully saturated rings. The average molecular weight is 373 g/mol. The van der Waals surface area contributed by atoms with Crippen molar-refractivity contribution in [3.63, 3.8) is 0 Å². The summed E-state index contributed by atoms with van der Waals surface area (Å²) in [6.45, 7) is 2.20. The minimum Gasteiger partial charge on any atom is -0.497 e. The van der Waals surface area contributed by atoms with E-state index in [9.17, 15) is 9.18 Å². The molecule has 0 bridgehead atoms. The van der Waals surface area contributed by atoms with E-state index in [1.807, 2.05) is 25.1 Å². The zero-order valence-corrected chi connectivity index (χ0v) is 15.6. The number of amides is 1. The van der Waals surface area contributed by atoms with E-state index in [-0.39, 0.29) is 17.0 Å². The Morgan fingerprint density at radius 1 is 1.35 bits per heavy atom. The third-order valence-electron chi connectivity index (χ3n) is 3.99. The fourth-order valence-electron chi connectivity index (χ4n) is 2.66. The van der Waals surface area contributed by atoms with Gasteiger partial charge in [-0.1, -0.05) is 23.9 Å². The number of imidazole rings is 1. The number of aromatic amines is 1. The van der Waals surface area contributed by atoms with Crippen molar-refractivity contribution in [3.8, 4) is 5.75 Å². The first-order valence-corrected chi connectivity index (χ1v) is 9.04.